The third-order valence-electron chi connectivity index (χ3n) is 11.8. The molecule has 0 aromatic heterocycles. The zero-order chi connectivity index (χ0) is 40.6. The molecule has 0 saturated carbocycles. The molecule has 0 atom stereocenters. The van der Waals surface area contributed by atoms with Crippen molar-refractivity contribution >= 4 is 23.6 Å². The highest BCUT2D eigenvalue weighted by Crippen LogP contribution is 2.48. The Bertz CT molecular complexity index is 1330. The molecule has 2 aromatic rings. The maximum absolute atomic E-state index is 13.8. The number of fused-ring (bicyclic) bond motifs is 1. The monoisotopic (exact) mass is 803 g/mol. The van der Waals surface area contributed by atoms with Crippen molar-refractivity contribution in [3.05, 3.63) is 58.0 Å². The number of Topliss-reactive ketones (excluding diaryl/α,β-unsaturated/α-hetero) is 1. The van der Waals surface area contributed by atoms with E-state index < -0.39 is 0 Å². The number of hydrogen-bond acceptors (Lipinski definition) is 4. The molecule has 1 heterocycles. The van der Waals surface area contributed by atoms with Gasteiger partial charge in [-0.05, 0) is 54.9 Å². The molecule has 0 aliphatic carbocycles. The van der Waals surface area contributed by atoms with Crippen molar-refractivity contribution in [2.24, 2.45) is 5.92 Å². The van der Waals surface area contributed by atoms with Crippen LogP contribution in [0.1, 0.15) is 242 Å². The lowest BCUT2D eigenvalue weighted by Crippen LogP contribution is -2.03. The number of thioether (sulfide) groups is 1. The van der Waals surface area contributed by atoms with E-state index in [4.69, 9.17) is 9.47 Å². The fraction of sp³-hybridized carbons (Fsp3) is 0.717. The molecular weight excluding hydrogens is 717 g/mol. The van der Waals surface area contributed by atoms with Gasteiger partial charge in [0.2, 0.25) is 5.78 Å². The molecule has 0 radical (unpaired) electrons. The van der Waals surface area contributed by atoms with Gasteiger partial charge < -0.3 is 9.47 Å². The van der Waals surface area contributed by atoms with Crippen LogP contribution in [-0.2, 0) is 6.42 Å². The summed E-state index contributed by atoms with van der Waals surface area (Å²) in [5.74, 6) is 2.45. The van der Waals surface area contributed by atoms with E-state index in [-0.39, 0.29) is 5.78 Å². The molecule has 0 amide bonds. The number of benzene rings is 2. The highest BCUT2D eigenvalue weighted by atomic mass is 32.2. The molecular formula is C53H86O3S. The highest BCUT2D eigenvalue weighted by Gasteiger charge is 2.30. The Morgan fingerprint density at radius 1 is 0.544 bits per heavy atom. The summed E-state index contributed by atoms with van der Waals surface area (Å²) in [7, 11) is 0. The molecule has 0 saturated heterocycles. The largest absolute Gasteiger partial charge is 0.493 e. The van der Waals surface area contributed by atoms with Crippen LogP contribution < -0.4 is 9.47 Å². The Balaban J connectivity index is 1.46. The summed E-state index contributed by atoms with van der Waals surface area (Å²) >= 11 is 1.57. The molecule has 322 valence electrons. The van der Waals surface area contributed by atoms with Gasteiger partial charge in [0.15, 0.2) is 0 Å². The molecule has 1 aliphatic heterocycles. The maximum atomic E-state index is 13.8. The minimum absolute atomic E-state index is 0.0847. The van der Waals surface area contributed by atoms with E-state index in [0.717, 1.165) is 57.6 Å². The summed E-state index contributed by atoms with van der Waals surface area (Å²) in [5, 5.41) is 0. The number of carbonyl (C=O) groups excluding carboxylic acids is 1. The smallest absolute Gasteiger partial charge is 0.201 e. The van der Waals surface area contributed by atoms with Crippen LogP contribution in [0.2, 0.25) is 0 Å². The second-order valence-corrected chi connectivity index (χ2v) is 18.7. The van der Waals surface area contributed by atoms with Gasteiger partial charge in [-0.15, -0.1) is 0 Å². The fourth-order valence-electron chi connectivity index (χ4n) is 8.03. The number of hydrogen-bond donors (Lipinski definition) is 0. The van der Waals surface area contributed by atoms with E-state index in [0.29, 0.717) is 13.2 Å². The maximum Gasteiger partial charge on any atom is 0.201 e. The molecule has 0 unspecified atom stereocenters. The predicted octanol–water partition coefficient (Wildman–Crippen LogP) is 17.7. The normalized spacial score (nSPS) is 13.3. The van der Waals surface area contributed by atoms with Crippen molar-refractivity contribution in [3.63, 3.8) is 0 Å². The quantitative estimate of drug-likeness (QED) is 0.0503. The summed E-state index contributed by atoms with van der Waals surface area (Å²) < 4.78 is 12.8. The molecule has 0 spiro atoms. The van der Waals surface area contributed by atoms with Gasteiger partial charge in [-0.1, -0.05) is 237 Å². The fourth-order valence-corrected chi connectivity index (χ4v) is 9.13. The van der Waals surface area contributed by atoms with Crippen molar-refractivity contribution < 1.29 is 14.3 Å². The third-order valence-corrected chi connectivity index (χ3v) is 12.9. The van der Waals surface area contributed by atoms with E-state index in [1.165, 1.54) is 185 Å². The van der Waals surface area contributed by atoms with Gasteiger partial charge >= 0.3 is 0 Å². The summed E-state index contributed by atoms with van der Waals surface area (Å²) in [4.78, 5) is 15.5. The van der Waals surface area contributed by atoms with Crippen LogP contribution >= 0.6 is 11.8 Å². The van der Waals surface area contributed by atoms with E-state index in [1.54, 1.807) is 11.8 Å². The number of ketones is 1. The van der Waals surface area contributed by atoms with E-state index in [9.17, 15) is 4.79 Å². The number of aryl methyl sites for hydroxylation is 1. The van der Waals surface area contributed by atoms with Crippen molar-refractivity contribution in [1.82, 2.24) is 0 Å². The number of allylic oxidation sites excluding steroid dienone is 1. The first kappa shape index (κ1) is 49.2. The van der Waals surface area contributed by atoms with Gasteiger partial charge in [0, 0.05) is 11.6 Å². The van der Waals surface area contributed by atoms with Crippen LogP contribution in [0.25, 0.3) is 6.08 Å². The van der Waals surface area contributed by atoms with Gasteiger partial charge in [0.25, 0.3) is 0 Å². The Morgan fingerprint density at radius 2 is 1.00 bits per heavy atom. The molecule has 1 aliphatic rings. The summed E-state index contributed by atoms with van der Waals surface area (Å²) in [6, 6.07) is 12.8. The first-order valence-electron chi connectivity index (χ1n) is 24.5. The lowest BCUT2D eigenvalue weighted by atomic mass is 10.0. The highest BCUT2D eigenvalue weighted by molar-refractivity contribution is 8.05. The third kappa shape index (κ3) is 22.7. The SMILES string of the molecule is CCCCCCCCCCCCCCCOc1cc(OCCCCCCCCCCCCCCC)c2c(c1)C(=O)C(=Cc1ccc(CCCCCC(C)C)cc1)S2. The van der Waals surface area contributed by atoms with Gasteiger partial charge in [0.05, 0.1) is 23.0 Å². The van der Waals surface area contributed by atoms with E-state index in [1.807, 2.05) is 12.1 Å². The van der Waals surface area contributed by atoms with Gasteiger partial charge in [0.1, 0.15) is 11.5 Å². The van der Waals surface area contributed by atoms with Crippen molar-refractivity contribution in [2.45, 2.75) is 232 Å². The molecule has 0 fully saturated rings. The van der Waals surface area contributed by atoms with Crippen molar-refractivity contribution in [1.29, 1.82) is 0 Å². The zero-order valence-electron chi connectivity index (χ0n) is 37.6. The van der Waals surface area contributed by atoms with Crippen molar-refractivity contribution in [3.8, 4) is 11.5 Å². The Morgan fingerprint density at radius 3 is 1.49 bits per heavy atom. The summed E-state index contributed by atoms with van der Waals surface area (Å²) in [6.45, 7) is 10.6. The second kappa shape index (κ2) is 32.6. The molecule has 57 heavy (non-hydrogen) atoms. The van der Waals surface area contributed by atoms with Gasteiger partial charge in [-0.2, -0.15) is 0 Å². The molecule has 3 rings (SSSR count). The average molecular weight is 803 g/mol. The molecule has 0 N–H and O–H groups in total. The van der Waals surface area contributed by atoms with E-state index in [2.05, 4.69) is 58.0 Å². The topological polar surface area (TPSA) is 35.5 Å². The van der Waals surface area contributed by atoms with Crippen molar-refractivity contribution in [2.75, 3.05) is 13.2 Å². The predicted molar refractivity (Wildman–Crippen MR) is 250 cm³/mol. The number of carbonyl (C=O) groups is 1. The number of rotatable bonds is 37. The van der Waals surface area contributed by atoms with E-state index >= 15 is 0 Å². The second-order valence-electron chi connectivity index (χ2n) is 17.7. The molecule has 4 heteroatoms. The summed E-state index contributed by atoms with van der Waals surface area (Å²) in [6.07, 6.45) is 43.1. The standard InChI is InChI=1S/C53H86O3S/c1-5-7-9-11-13-15-17-19-21-23-25-27-32-40-55-48-43-49-52(54)51(42-47-38-36-46(37-39-47)35-31-29-30-34-45(3)4)57-53(49)50(44-48)56-41-33-28-26-24-22-20-18-16-14-12-10-8-6-2/h36-39,42-45H,5-35,40-41H2,1-4H3. The Kier molecular flexibility index (Phi) is 28.1. The van der Waals surface area contributed by atoms with Crippen LogP contribution in [0.3, 0.4) is 0 Å². The zero-order valence-corrected chi connectivity index (χ0v) is 38.4. The van der Waals surface area contributed by atoms with Crippen LogP contribution in [0.4, 0.5) is 0 Å². The van der Waals surface area contributed by atoms with Gasteiger partial charge in [-0.25, -0.2) is 0 Å². The Hall–Kier alpha value is -2.20. The van der Waals surface area contributed by atoms with Gasteiger partial charge in [-0.3, -0.25) is 4.79 Å². The molecule has 0 bridgehead atoms. The minimum atomic E-state index is 0.0847. The molecule has 2 aromatic carbocycles. The molecule has 3 nitrogen and oxygen atoms in total. The minimum Gasteiger partial charge on any atom is -0.493 e. The first-order chi connectivity index (χ1) is 28.0. The average Bonchev–Trinajstić information content (AvgIpc) is 3.52. The Labute approximate surface area is 356 Å². The first-order valence-corrected chi connectivity index (χ1v) is 25.3. The van der Waals surface area contributed by atoms with Crippen LogP contribution in [-0.4, -0.2) is 19.0 Å². The lowest BCUT2D eigenvalue weighted by molar-refractivity contribution is 0.104. The lowest BCUT2D eigenvalue weighted by Gasteiger charge is -2.13. The number of unbranched alkanes of at least 4 members (excludes halogenated alkanes) is 26. The van der Waals surface area contributed by atoms with Crippen LogP contribution in [0.5, 0.6) is 11.5 Å². The summed E-state index contributed by atoms with van der Waals surface area (Å²) in [5.41, 5.74) is 3.19. The number of ether oxygens (including phenoxy) is 2. The van der Waals surface area contributed by atoms with Crippen LogP contribution in [0, 0.1) is 5.92 Å². The van der Waals surface area contributed by atoms with Crippen LogP contribution in [0.15, 0.2) is 46.2 Å².